The molecule has 0 bridgehead atoms. The molecule has 2 aromatic carbocycles. The summed E-state index contributed by atoms with van der Waals surface area (Å²) in [7, 11) is 1.53. The smallest absolute Gasteiger partial charge is 0.274 e. The zero-order chi connectivity index (χ0) is 27.2. The van der Waals surface area contributed by atoms with E-state index in [4.69, 9.17) is 4.74 Å². The van der Waals surface area contributed by atoms with Crippen molar-refractivity contribution in [3.63, 3.8) is 0 Å². The Labute approximate surface area is 221 Å². The van der Waals surface area contributed by atoms with Crippen LogP contribution in [0.25, 0.3) is 17.2 Å². The van der Waals surface area contributed by atoms with Gasteiger partial charge in [-0.2, -0.15) is 0 Å². The van der Waals surface area contributed by atoms with Gasteiger partial charge >= 0.3 is 0 Å². The van der Waals surface area contributed by atoms with Crippen LogP contribution in [-0.4, -0.2) is 34.0 Å². The van der Waals surface area contributed by atoms with Gasteiger partial charge in [-0.15, -0.1) is 0 Å². The van der Waals surface area contributed by atoms with Gasteiger partial charge in [-0.1, -0.05) is 43.0 Å². The highest BCUT2D eigenvalue weighted by atomic mass is 16.5. The SMILES string of the molecule is C=Cc1cnc(C(=O)Nc2cccc(-c3cccc(NC(=O)c4ccc(CO)cn4)c3C)c2C)cc1OC. The molecule has 0 aliphatic heterocycles. The topological polar surface area (TPSA) is 113 Å². The molecular formula is C30H28N4O4. The molecule has 0 aliphatic rings. The second kappa shape index (κ2) is 11.5. The molecule has 0 unspecified atom stereocenters. The van der Waals surface area contributed by atoms with Gasteiger partial charge < -0.3 is 20.5 Å². The summed E-state index contributed by atoms with van der Waals surface area (Å²) in [4.78, 5) is 34.1. The molecule has 8 nitrogen and oxygen atoms in total. The number of benzene rings is 2. The quantitative estimate of drug-likeness (QED) is 0.293. The summed E-state index contributed by atoms with van der Waals surface area (Å²) in [6, 6.07) is 16.1. The van der Waals surface area contributed by atoms with Crippen LogP contribution in [0.5, 0.6) is 5.75 Å². The fourth-order valence-corrected chi connectivity index (χ4v) is 4.05. The first kappa shape index (κ1) is 26.2. The maximum atomic E-state index is 13.0. The van der Waals surface area contributed by atoms with Crippen LogP contribution < -0.4 is 15.4 Å². The Kier molecular flexibility index (Phi) is 7.94. The van der Waals surface area contributed by atoms with Gasteiger partial charge in [-0.05, 0) is 59.9 Å². The van der Waals surface area contributed by atoms with Crippen LogP contribution in [0.2, 0.25) is 0 Å². The number of anilines is 2. The van der Waals surface area contributed by atoms with Crippen molar-refractivity contribution in [1.82, 2.24) is 9.97 Å². The third-order valence-electron chi connectivity index (χ3n) is 6.26. The second-order valence-electron chi connectivity index (χ2n) is 8.59. The van der Waals surface area contributed by atoms with Gasteiger partial charge in [0.2, 0.25) is 0 Å². The summed E-state index contributed by atoms with van der Waals surface area (Å²) in [5.74, 6) is -0.200. The van der Waals surface area contributed by atoms with Crippen LogP contribution >= 0.6 is 0 Å². The molecule has 0 spiro atoms. The van der Waals surface area contributed by atoms with Crippen LogP contribution in [0.15, 0.2) is 73.6 Å². The van der Waals surface area contributed by atoms with Gasteiger partial charge in [-0.3, -0.25) is 19.6 Å². The molecule has 4 rings (SSSR count). The third kappa shape index (κ3) is 5.45. The first-order chi connectivity index (χ1) is 18.4. The van der Waals surface area contributed by atoms with E-state index in [1.54, 1.807) is 30.5 Å². The fraction of sp³-hybridized carbons (Fsp3) is 0.133. The average Bonchev–Trinajstić information content (AvgIpc) is 2.95. The average molecular weight is 509 g/mol. The van der Waals surface area contributed by atoms with Crippen LogP contribution in [0.1, 0.15) is 43.2 Å². The molecule has 192 valence electrons. The van der Waals surface area contributed by atoms with Gasteiger partial charge in [-0.25, -0.2) is 0 Å². The summed E-state index contributed by atoms with van der Waals surface area (Å²) < 4.78 is 5.33. The van der Waals surface area contributed by atoms with Crippen molar-refractivity contribution in [1.29, 1.82) is 0 Å². The highest BCUT2D eigenvalue weighted by Crippen LogP contribution is 2.34. The molecular weight excluding hydrogens is 480 g/mol. The number of aliphatic hydroxyl groups excluding tert-OH is 1. The van der Waals surface area contributed by atoms with E-state index in [0.29, 0.717) is 28.3 Å². The van der Waals surface area contributed by atoms with Crippen molar-refractivity contribution in [2.75, 3.05) is 17.7 Å². The van der Waals surface area contributed by atoms with E-state index in [1.807, 2.05) is 50.2 Å². The third-order valence-corrected chi connectivity index (χ3v) is 6.26. The Hall–Kier alpha value is -4.82. The number of nitrogens with zero attached hydrogens (tertiary/aromatic N) is 2. The molecule has 8 heteroatoms. The number of hydrogen-bond acceptors (Lipinski definition) is 6. The second-order valence-corrected chi connectivity index (χ2v) is 8.59. The molecule has 0 fully saturated rings. The van der Waals surface area contributed by atoms with E-state index in [-0.39, 0.29) is 29.8 Å². The number of ether oxygens (including phenoxy) is 1. The van der Waals surface area contributed by atoms with Crippen LogP contribution in [-0.2, 0) is 6.61 Å². The van der Waals surface area contributed by atoms with Crippen LogP contribution in [0.4, 0.5) is 11.4 Å². The Morgan fingerprint density at radius 1 is 0.895 bits per heavy atom. The lowest BCUT2D eigenvalue weighted by atomic mass is 9.94. The van der Waals surface area contributed by atoms with Crippen molar-refractivity contribution in [2.45, 2.75) is 20.5 Å². The number of rotatable bonds is 8. The highest BCUT2D eigenvalue weighted by Gasteiger charge is 2.16. The summed E-state index contributed by atoms with van der Waals surface area (Å²) in [6.07, 6.45) is 4.63. The number of aromatic nitrogens is 2. The predicted octanol–water partition coefficient (Wildman–Crippen LogP) is 5.41. The first-order valence-electron chi connectivity index (χ1n) is 11.9. The van der Waals surface area contributed by atoms with Gasteiger partial charge in [0.1, 0.15) is 17.1 Å². The number of methoxy groups -OCH3 is 1. The number of aliphatic hydroxyl groups is 1. The molecule has 38 heavy (non-hydrogen) atoms. The van der Waals surface area contributed by atoms with Crippen LogP contribution in [0.3, 0.4) is 0 Å². The minimum atomic E-state index is -0.364. The Morgan fingerprint density at radius 2 is 1.47 bits per heavy atom. The summed E-state index contributed by atoms with van der Waals surface area (Å²) in [5, 5.41) is 15.1. The summed E-state index contributed by atoms with van der Waals surface area (Å²) in [6.45, 7) is 7.44. The van der Waals surface area contributed by atoms with Gasteiger partial charge in [0.05, 0.1) is 13.7 Å². The fourth-order valence-electron chi connectivity index (χ4n) is 4.05. The van der Waals surface area contributed by atoms with Crippen molar-refractivity contribution >= 4 is 29.3 Å². The molecule has 0 saturated heterocycles. The number of hydrogen-bond donors (Lipinski definition) is 3. The molecule has 2 heterocycles. The Morgan fingerprint density at radius 3 is 1.97 bits per heavy atom. The number of nitrogens with one attached hydrogen (secondary N) is 2. The lowest BCUT2D eigenvalue weighted by Gasteiger charge is -2.17. The minimum absolute atomic E-state index is 0.138. The molecule has 4 aromatic rings. The zero-order valence-electron chi connectivity index (χ0n) is 21.4. The van der Waals surface area contributed by atoms with E-state index in [0.717, 1.165) is 22.3 Å². The summed E-state index contributed by atoms with van der Waals surface area (Å²) >= 11 is 0. The number of amides is 2. The molecule has 0 atom stereocenters. The maximum Gasteiger partial charge on any atom is 0.274 e. The number of carbonyl (C=O) groups excluding carboxylic acids is 2. The standard InChI is InChI=1S/C30H28N4O4/c1-5-21-16-32-27(14-28(21)38-4)30(37)34-25-11-7-9-23(19(25)3)22-8-6-10-24(18(22)2)33-29(36)26-13-12-20(17-35)15-31-26/h5-16,35H,1,17H2,2-4H3,(H,33,36)(H,34,37). The predicted molar refractivity (Wildman–Crippen MR) is 148 cm³/mol. The highest BCUT2D eigenvalue weighted by molar-refractivity contribution is 6.05. The normalized spacial score (nSPS) is 10.5. The van der Waals surface area contributed by atoms with Crippen molar-refractivity contribution in [2.24, 2.45) is 0 Å². The van der Waals surface area contributed by atoms with Gasteiger partial charge in [0.25, 0.3) is 11.8 Å². The zero-order valence-corrected chi connectivity index (χ0v) is 21.4. The van der Waals surface area contributed by atoms with Crippen molar-refractivity contribution in [3.8, 4) is 16.9 Å². The van der Waals surface area contributed by atoms with Gasteiger partial charge in [0, 0.05) is 35.4 Å². The minimum Gasteiger partial charge on any atom is -0.496 e. The largest absolute Gasteiger partial charge is 0.496 e. The lowest BCUT2D eigenvalue weighted by Crippen LogP contribution is -2.15. The monoisotopic (exact) mass is 508 g/mol. The lowest BCUT2D eigenvalue weighted by molar-refractivity contribution is 0.101. The first-order valence-corrected chi connectivity index (χ1v) is 11.9. The molecule has 2 amide bonds. The van der Waals surface area contributed by atoms with E-state index in [9.17, 15) is 14.7 Å². The van der Waals surface area contributed by atoms with Crippen molar-refractivity contribution < 1.29 is 19.4 Å². The molecule has 0 aliphatic carbocycles. The Balaban J connectivity index is 1.59. The van der Waals surface area contributed by atoms with Crippen LogP contribution in [0, 0.1) is 13.8 Å². The van der Waals surface area contributed by atoms with E-state index in [2.05, 4.69) is 27.2 Å². The molecule has 0 saturated carbocycles. The van der Waals surface area contributed by atoms with E-state index in [1.165, 1.54) is 13.3 Å². The van der Waals surface area contributed by atoms with E-state index < -0.39 is 0 Å². The number of carbonyl (C=O) groups is 2. The molecule has 3 N–H and O–H groups in total. The van der Waals surface area contributed by atoms with Crippen molar-refractivity contribution in [3.05, 3.63) is 107 Å². The number of pyridine rings is 2. The van der Waals surface area contributed by atoms with Gasteiger partial charge in [0.15, 0.2) is 0 Å². The molecule has 0 radical (unpaired) electrons. The Bertz CT molecular complexity index is 1510. The summed E-state index contributed by atoms with van der Waals surface area (Å²) in [5.41, 5.74) is 6.64. The van der Waals surface area contributed by atoms with E-state index >= 15 is 0 Å². The molecule has 2 aromatic heterocycles. The maximum absolute atomic E-state index is 13.0.